The summed E-state index contributed by atoms with van der Waals surface area (Å²) in [6.07, 6.45) is 6.14. The molecule has 118 valence electrons. The molecule has 4 atom stereocenters. The van der Waals surface area contributed by atoms with Gasteiger partial charge in [0.1, 0.15) is 0 Å². The van der Waals surface area contributed by atoms with Crippen molar-refractivity contribution in [3.05, 3.63) is 11.7 Å². The summed E-state index contributed by atoms with van der Waals surface area (Å²) in [5.41, 5.74) is 0. The monoisotopic (exact) mass is 327 g/mol. The molecule has 1 aliphatic carbocycles. The molecule has 0 aromatic carbocycles. The van der Waals surface area contributed by atoms with Gasteiger partial charge in [0, 0.05) is 29.2 Å². The van der Waals surface area contributed by atoms with E-state index >= 15 is 0 Å². The molecule has 6 heteroatoms. The van der Waals surface area contributed by atoms with Crippen LogP contribution in [0, 0.1) is 5.92 Å². The zero-order valence-electron chi connectivity index (χ0n) is 12.9. The molecule has 1 aromatic heterocycles. The first-order valence-corrected chi connectivity index (χ1v) is 10.1. The highest BCUT2D eigenvalue weighted by Gasteiger charge is 2.30. The third-order valence-corrected chi connectivity index (χ3v) is 7.73. The molecule has 1 aromatic rings. The molecule has 2 fully saturated rings. The zero-order valence-corrected chi connectivity index (χ0v) is 14.5. The number of rotatable bonds is 4. The standard InChI is InChI=1S/C15H25N3OS2/c1-10-14(21-8-7-20-10)15-17-13(19-18-15)9-11-5-3-4-6-12(11)16-2/h10-12,14,16H,3-9H2,1-2H3. The molecule has 0 spiro atoms. The fraction of sp³-hybridized carbons (Fsp3) is 0.867. The molecule has 1 saturated heterocycles. The predicted molar refractivity (Wildman–Crippen MR) is 89.9 cm³/mol. The largest absolute Gasteiger partial charge is 0.339 e. The second-order valence-corrected chi connectivity index (χ2v) is 8.79. The van der Waals surface area contributed by atoms with Crippen molar-refractivity contribution >= 4 is 23.5 Å². The van der Waals surface area contributed by atoms with Crippen molar-refractivity contribution in [2.75, 3.05) is 18.6 Å². The Labute approximate surface area is 135 Å². The van der Waals surface area contributed by atoms with E-state index in [1.807, 2.05) is 23.5 Å². The normalized spacial score (nSPS) is 34.0. The maximum Gasteiger partial charge on any atom is 0.227 e. The van der Waals surface area contributed by atoms with E-state index < -0.39 is 0 Å². The summed E-state index contributed by atoms with van der Waals surface area (Å²) in [7, 11) is 2.07. The summed E-state index contributed by atoms with van der Waals surface area (Å²) in [5.74, 6) is 4.81. The number of hydrogen-bond donors (Lipinski definition) is 1. The summed E-state index contributed by atoms with van der Waals surface area (Å²) in [6.45, 7) is 2.27. The van der Waals surface area contributed by atoms with Crippen molar-refractivity contribution in [3.8, 4) is 0 Å². The average molecular weight is 328 g/mol. The molecule has 1 aliphatic heterocycles. The van der Waals surface area contributed by atoms with Gasteiger partial charge in [0.2, 0.25) is 5.89 Å². The maximum absolute atomic E-state index is 5.55. The van der Waals surface area contributed by atoms with Crippen molar-refractivity contribution in [3.63, 3.8) is 0 Å². The van der Waals surface area contributed by atoms with Gasteiger partial charge in [-0.2, -0.15) is 16.7 Å². The molecule has 4 nitrogen and oxygen atoms in total. The van der Waals surface area contributed by atoms with Gasteiger partial charge in [0.05, 0.1) is 5.25 Å². The second-order valence-electron chi connectivity index (χ2n) is 6.06. The Bertz CT molecular complexity index is 454. The molecule has 0 radical (unpaired) electrons. The highest BCUT2D eigenvalue weighted by atomic mass is 32.2. The molecule has 4 unspecified atom stereocenters. The van der Waals surface area contributed by atoms with Gasteiger partial charge in [0.15, 0.2) is 5.82 Å². The highest BCUT2D eigenvalue weighted by molar-refractivity contribution is 8.06. The van der Waals surface area contributed by atoms with Crippen LogP contribution in [0.15, 0.2) is 4.52 Å². The molecule has 21 heavy (non-hydrogen) atoms. The van der Waals surface area contributed by atoms with Crippen LogP contribution >= 0.6 is 23.5 Å². The number of hydrogen-bond acceptors (Lipinski definition) is 6. The smallest absolute Gasteiger partial charge is 0.227 e. The Kier molecular flexibility index (Phi) is 5.51. The van der Waals surface area contributed by atoms with Crippen LogP contribution in [0.2, 0.25) is 0 Å². The van der Waals surface area contributed by atoms with Crippen LogP contribution in [-0.2, 0) is 6.42 Å². The van der Waals surface area contributed by atoms with Gasteiger partial charge in [-0.3, -0.25) is 0 Å². The van der Waals surface area contributed by atoms with Crippen LogP contribution in [0.3, 0.4) is 0 Å². The van der Waals surface area contributed by atoms with Crippen LogP contribution in [0.5, 0.6) is 0 Å². The van der Waals surface area contributed by atoms with E-state index in [-0.39, 0.29) is 0 Å². The van der Waals surface area contributed by atoms with Crippen LogP contribution in [-0.4, -0.2) is 40.0 Å². The van der Waals surface area contributed by atoms with Crippen molar-refractivity contribution in [1.82, 2.24) is 15.5 Å². The van der Waals surface area contributed by atoms with Crippen LogP contribution in [0.1, 0.15) is 49.6 Å². The van der Waals surface area contributed by atoms with E-state index in [1.54, 1.807) is 0 Å². The van der Waals surface area contributed by atoms with Gasteiger partial charge in [0.25, 0.3) is 0 Å². The van der Waals surface area contributed by atoms with Gasteiger partial charge in [-0.05, 0) is 25.8 Å². The fourth-order valence-electron chi connectivity index (χ4n) is 3.44. The Balaban J connectivity index is 1.64. The molecule has 2 aliphatic rings. The molecule has 1 saturated carbocycles. The third-order valence-electron chi connectivity index (χ3n) is 4.64. The van der Waals surface area contributed by atoms with Crippen molar-refractivity contribution < 1.29 is 4.52 Å². The summed E-state index contributed by atoms with van der Waals surface area (Å²) in [5, 5.41) is 8.69. The van der Waals surface area contributed by atoms with Gasteiger partial charge >= 0.3 is 0 Å². The minimum atomic E-state index is 0.396. The summed E-state index contributed by atoms with van der Waals surface area (Å²) >= 11 is 3.99. The van der Waals surface area contributed by atoms with E-state index in [2.05, 4.69) is 24.4 Å². The summed E-state index contributed by atoms with van der Waals surface area (Å²) < 4.78 is 5.55. The third kappa shape index (κ3) is 3.77. The van der Waals surface area contributed by atoms with E-state index in [1.165, 1.54) is 37.2 Å². The Morgan fingerprint density at radius 3 is 2.86 bits per heavy atom. The zero-order chi connectivity index (χ0) is 14.7. The lowest BCUT2D eigenvalue weighted by molar-refractivity contribution is 0.248. The van der Waals surface area contributed by atoms with Crippen molar-refractivity contribution in [2.24, 2.45) is 5.92 Å². The minimum absolute atomic E-state index is 0.396. The summed E-state index contributed by atoms with van der Waals surface area (Å²) in [4.78, 5) is 4.71. The molecule has 1 N–H and O–H groups in total. The average Bonchev–Trinajstić information content (AvgIpc) is 2.96. The highest BCUT2D eigenvalue weighted by Crippen LogP contribution is 2.41. The molecular weight excluding hydrogens is 302 g/mol. The maximum atomic E-state index is 5.55. The van der Waals surface area contributed by atoms with Gasteiger partial charge < -0.3 is 9.84 Å². The molecule has 2 heterocycles. The topological polar surface area (TPSA) is 51.0 Å². The molecule has 3 rings (SSSR count). The van der Waals surface area contributed by atoms with Gasteiger partial charge in [-0.25, -0.2) is 0 Å². The Morgan fingerprint density at radius 2 is 2.05 bits per heavy atom. The minimum Gasteiger partial charge on any atom is -0.339 e. The van der Waals surface area contributed by atoms with Crippen LogP contribution in [0.4, 0.5) is 0 Å². The van der Waals surface area contributed by atoms with E-state index in [4.69, 9.17) is 9.51 Å². The van der Waals surface area contributed by atoms with Crippen molar-refractivity contribution in [1.29, 1.82) is 0 Å². The quantitative estimate of drug-likeness (QED) is 0.916. The van der Waals surface area contributed by atoms with Crippen LogP contribution < -0.4 is 5.32 Å². The van der Waals surface area contributed by atoms with Crippen LogP contribution in [0.25, 0.3) is 0 Å². The Hall–Kier alpha value is -0.200. The first-order chi connectivity index (χ1) is 10.3. The molecule has 0 bridgehead atoms. The Morgan fingerprint density at radius 1 is 1.24 bits per heavy atom. The second kappa shape index (κ2) is 7.38. The first-order valence-electron chi connectivity index (χ1n) is 8.01. The van der Waals surface area contributed by atoms with Gasteiger partial charge in [-0.15, -0.1) is 11.8 Å². The van der Waals surface area contributed by atoms with Crippen molar-refractivity contribution in [2.45, 2.75) is 55.6 Å². The lowest BCUT2D eigenvalue weighted by atomic mass is 9.82. The SMILES string of the molecule is CNC1CCCCC1Cc1nc(C2SCCSC2C)no1. The number of nitrogens with zero attached hydrogens (tertiary/aromatic N) is 2. The fourth-order valence-corrected chi connectivity index (χ4v) is 6.12. The lowest BCUT2D eigenvalue weighted by Crippen LogP contribution is -2.37. The number of aromatic nitrogens is 2. The predicted octanol–water partition coefficient (Wildman–Crippen LogP) is 3.30. The van der Waals surface area contributed by atoms with E-state index in [9.17, 15) is 0 Å². The van der Waals surface area contributed by atoms with Gasteiger partial charge in [-0.1, -0.05) is 24.9 Å². The number of nitrogens with one attached hydrogen (secondary N) is 1. The molecular formula is C15H25N3OS2. The lowest BCUT2D eigenvalue weighted by Gasteiger charge is -2.30. The number of thioether (sulfide) groups is 2. The first kappa shape index (κ1) is 15.7. The van der Waals surface area contributed by atoms with E-state index in [0.717, 1.165) is 18.1 Å². The van der Waals surface area contributed by atoms with E-state index in [0.29, 0.717) is 22.5 Å². The molecule has 0 amide bonds. The summed E-state index contributed by atoms with van der Waals surface area (Å²) in [6, 6.07) is 0.604.